The summed E-state index contributed by atoms with van der Waals surface area (Å²) in [6.45, 7) is 1.39. The van der Waals surface area contributed by atoms with Crippen LogP contribution in [0.2, 0.25) is 0 Å². The zero-order valence-electron chi connectivity index (χ0n) is 17.6. The highest BCUT2D eigenvalue weighted by molar-refractivity contribution is 5.75. The van der Waals surface area contributed by atoms with Gasteiger partial charge in [-0.05, 0) is 54.4 Å². The molecule has 0 spiro atoms. The number of amides is 2. The number of benzene rings is 1. The number of fused-ring (bicyclic) bond motifs is 2. The second-order valence-corrected chi connectivity index (χ2v) is 8.78. The minimum Gasteiger partial charge on any atom is -0.481 e. The third-order valence-corrected chi connectivity index (χ3v) is 6.98. The van der Waals surface area contributed by atoms with E-state index in [1.54, 1.807) is 19.2 Å². The molecule has 31 heavy (non-hydrogen) atoms. The maximum Gasteiger partial charge on any atom is 0.317 e. The SMILES string of the molecule is COc1ccc(C2NNC3CC4NC(=O)N(CCc5ccc(F)cc5)CC4CC32)cn1. The minimum atomic E-state index is -0.237. The third-order valence-electron chi connectivity index (χ3n) is 6.98. The Bertz CT molecular complexity index is 923. The molecule has 0 bridgehead atoms. The highest BCUT2D eigenvalue weighted by atomic mass is 19.1. The van der Waals surface area contributed by atoms with Crippen LogP contribution in [0.3, 0.4) is 0 Å². The number of methoxy groups -OCH3 is 1. The van der Waals surface area contributed by atoms with Crippen LogP contribution in [-0.4, -0.2) is 48.2 Å². The number of hydrogen-bond acceptors (Lipinski definition) is 5. The highest BCUT2D eigenvalue weighted by Gasteiger charge is 2.47. The number of carbonyl (C=O) groups excluding carboxylic acids is 1. The van der Waals surface area contributed by atoms with E-state index in [0.717, 1.165) is 36.9 Å². The topological polar surface area (TPSA) is 78.5 Å². The molecule has 5 unspecified atom stereocenters. The van der Waals surface area contributed by atoms with Crippen LogP contribution in [0.5, 0.6) is 5.88 Å². The fraction of sp³-hybridized carbons (Fsp3) is 0.478. The number of halogens is 1. The van der Waals surface area contributed by atoms with Gasteiger partial charge in [0.15, 0.2) is 0 Å². The van der Waals surface area contributed by atoms with Gasteiger partial charge in [0, 0.05) is 37.4 Å². The van der Waals surface area contributed by atoms with Gasteiger partial charge >= 0.3 is 6.03 Å². The van der Waals surface area contributed by atoms with Crippen LogP contribution in [0.15, 0.2) is 42.6 Å². The molecule has 1 aromatic carbocycles. The summed E-state index contributed by atoms with van der Waals surface area (Å²) in [6.07, 6.45) is 4.55. The normalized spacial score (nSPS) is 29.8. The molecule has 1 aliphatic carbocycles. The summed E-state index contributed by atoms with van der Waals surface area (Å²) in [5.74, 6) is 1.22. The van der Waals surface area contributed by atoms with E-state index in [9.17, 15) is 9.18 Å². The van der Waals surface area contributed by atoms with Crippen LogP contribution in [-0.2, 0) is 6.42 Å². The Kier molecular flexibility index (Phi) is 5.50. The quantitative estimate of drug-likeness (QED) is 0.686. The first-order valence-electron chi connectivity index (χ1n) is 10.9. The Morgan fingerprint density at radius 2 is 1.97 bits per heavy atom. The predicted octanol–water partition coefficient (Wildman–Crippen LogP) is 2.41. The molecular weight excluding hydrogens is 397 g/mol. The number of carbonyl (C=O) groups is 1. The van der Waals surface area contributed by atoms with Gasteiger partial charge in [0.1, 0.15) is 5.82 Å². The maximum absolute atomic E-state index is 13.1. The van der Waals surface area contributed by atoms with Crippen molar-refractivity contribution in [3.8, 4) is 5.88 Å². The van der Waals surface area contributed by atoms with Crippen molar-refractivity contribution in [3.63, 3.8) is 0 Å². The number of ether oxygens (including phenoxy) is 1. The van der Waals surface area contributed by atoms with E-state index in [0.29, 0.717) is 30.3 Å². The Morgan fingerprint density at radius 3 is 2.71 bits per heavy atom. The van der Waals surface area contributed by atoms with Gasteiger partial charge < -0.3 is 15.0 Å². The molecule has 1 aromatic heterocycles. The van der Waals surface area contributed by atoms with E-state index in [-0.39, 0.29) is 23.9 Å². The lowest BCUT2D eigenvalue weighted by atomic mass is 9.71. The van der Waals surface area contributed by atoms with Gasteiger partial charge in [-0.1, -0.05) is 18.2 Å². The summed E-state index contributed by atoms with van der Waals surface area (Å²) in [4.78, 5) is 18.9. The van der Waals surface area contributed by atoms with Crippen LogP contribution in [0, 0.1) is 17.7 Å². The summed E-state index contributed by atoms with van der Waals surface area (Å²) in [5, 5.41) is 3.23. The molecule has 5 atom stereocenters. The standard InChI is InChI=1S/C23H28FN5O2/c1-31-21-7-4-15(12-25-21)22-18-10-16-13-29(9-8-14-2-5-17(24)6-3-14)23(30)26-19(16)11-20(18)27-28-22/h2-7,12,16,18-20,22,27-28H,8-11,13H2,1H3,(H,26,30). The second kappa shape index (κ2) is 8.43. The van der Waals surface area contributed by atoms with Crippen LogP contribution < -0.4 is 20.9 Å². The van der Waals surface area contributed by atoms with E-state index in [4.69, 9.17) is 4.74 Å². The molecule has 3 aliphatic rings. The molecule has 3 heterocycles. The lowest BCUT2D eigenvalue weighted by molar-refractivity contribution is 0.0995. The zero-order valence-corrected chi connectivity index (χ0v) is 17.6. The average molecular weight is 426 g/mol. The summed E-state index contributed by atoms with van der Waals surface area (Å²) < 4.78 is 18.3. The van der Waals surface area contributed by atoms with Gasteiger partial charge in [0.05, 0.1) is 13.2 Å². The molecule has 164 valence electrons. The van der Waals surface area contributed by atoms with Gasteiger partial charge in [-0.2, -0.15) is 0 Å². The molecule has 2 amide bonds. The number of nitrogens with zero attached hydrogens (tertiary/aromatic N) is 2. The van der Waals surface area contributed by atoms with Gasteiger partial charge in [-0.3, -0.25) is 5.43 Å². The van der Waals surface area contributed by atoms with Crippen molar-refractivity contribution in [1.29, 1.82) is 0 Å². The Hall–Kier alpha value is -2.71. The van der Waals surface area contributed by atoms with Crippen LogP contribution in [0.4, 0.5) is 9.18 Å². The first-order valence-corrected chi connectivity index (χ1v) is 10.9. The first kappa shape index (κ1) is 20.2. The van der Waals surface area contributed by atoms with Crippen molar-refractivity contribution < 1.29 is 13.9 Å². The summed E-state index contributed by atoms with van der Waals surface area (Å²) in [5.41, 5.74) is 9.07. The fourth-order valence-corrected chi connectivity index (χ4v) is 5.29. The largest absolute Gasteiger partial charge is 0.481 e. The number of hydrogen-bond donors (Lipinski definition) is 3. The van der Waals surface area contributed by atoms with Gasteiger partial charge in [-0.15, -0.1) is 0 Å². The van der Waals surface area contributed by atoms with E-state index in [1.807, 2.05) is 17.2 Å². The summed E-state index contributed by atoms with van der Waals surface area (Å²) in [7, 11) is 1.62. The van der Waals surface area contributed by atoms with E-state index in [1.165, 1.54) is 12.1 Å². The molecule has 3 N–H and O–H groups in total. The monoisotopic (exact) mass is 425 g/mol. The van der Waals surface area contributed by atoms with E-state index >= 15 is 0 Å². The van der Waals surface area contributed by atoms with Gasteiger partial charge in [-0.25, -0.2) is 19.6 Å². The van der Waals surface area contributed by atoms with Crippen molar-refractivity contribution in [2.75, 3.05) is 20.2 Å². The molecule has 2 aliphatic heterocycles. The van der Waals surface area contributed by atoms with E-state index < -0.39 is 0 Å². The van der Waals surface area contributed by atoms with Crippen molar-refractivity contribution >= 4 is 6.03 Å². The first-order chi connectivity index (χ1) is 15.1. The highest BCUT2D eigenvalue weighted by Crippen LogP contribution is 2.41. The Labute approximate surface area is 181 Å². The molecule has 3 fully saturated rings. The summed E-state index contributed by atoms with van der Waals surface area (Å²) in [6, 6.07) is 11.2. The average Bonchev–Trinajstić information content (AvgIpc) is 3.20. The van der Waals surface area contributed by atoms with Crippen molar-refractivity contribution in [1.82, 2.24) is 26.1 Å². The van der Waals surface area contributed by atoms with Gasteiger partial charge in [0.25, 0.3) is 0 Å². The third kappa shape index (κ3) is 4.09. The van der Waals surface area contributed by atoms with Crippen molar-refractivity contribution in [2.24, 2.45) is 11.8 Å². The molecule has 5 rings (SSSR count). The molecule has 0 radical (unpaired) electrons. The molecule has 2 saturated heterocycles. The van der Waals surface area contributed by atoms with Crippen LogP contribution >= 0.6 is 0 Å². The molecular formula is C23H28FN5O2. The number of nitrogens with one attached hydrogen (secondary N) is 3. The zero-order chi connectivity index (χ0) is 21.4. The Balaban J connectivity index is 1.24. The number of pyridine rings is 1. The molecule has 8 heteroatoms. The number of hydrazine groups is 1. The fourth-order valence-electron chi connectivity index (χ4n) is 5.29. The predicted molar refractivity (Wildman–Crippen MR) is 114 cm³/mol. The number of aromatic nitrogens is 1. The smallest absolute Gasteiger partial charge is 0.317 e. The maximum atomic E-state index is 13.1. The summed E-state index contributed by atoms with van der Waals surface area (Å²) >= 11 is 0. The lowest BCUT2D eigenvalue weighted by Gasteiger charge is -2.45. The van der Waals surface area contributed by atoms with Crippen molar-refractivity contribution in [3.05, 3.63) is 59.5 Å². The van der Waals surface area contributed by atoms with Crippen LogP contribution in [0.1, 0.15) is 30.0 Å². The number of urea groups is 1. The minimum absolute atomic E-state index is 0.00340. The molecule has 2 aromatic rings. The Morgan fingerprint density at radius 1 is 1.13 bits per heavy atom. The second-order valence-electron chi connectivity index (χ2n) is 8.78. The molecule has 7 nitrogen and oxygen atoms in total. The van der Waals surface area contributed by atoms with Crippen LogP contribution in [0.25, 0.3) is 0 Å². The van der Waals surface area contributed by atoms with Crippen molar-refractivity contribution in [2.45, 2.75) is 37.4 Å². The molecule has 1 saturated carbocycles. The lowest BCUT2D eigenvalue weighted by Crippen LogP contribution is -2.61. The van der Waals surface area contributed by atoms with Gasteiger partial charge in [0.2, 0.25) is 5.88 Å². The number of rotatable bonds is 5. The van der Waals surface area contributed by atoms with E-state index in [2.05, 4.69) is 27.2 Å².